The predicted octanol–water partition coefficient (Wildman–Crippen LogP) is 17.4. The molecular weight excluding hydrogens is 928 g/mol. The van der Waals surface area contributed by atoms with Gasteiger partial charge in [0.25, 0.3) is 0 Å². The van der Waals surface area contributed by atoms with Crippen LogP contribution in [0.4, 0.5) is 0 Å². The van der Waals surface area contributed by atoms with Crippen LogP contribution in [-0.4, -0.2) is 66.5 Å². The van der Waals surface area contributed by atoms with Gasteiger partial charge in [-0.05, 0) is 96.3 Å². The van der Waals surface area contributed by atoms with E-state index in [1.807, 2.05) is 0 Å². The molecule has 0 aliphatic heterocycles. The molecule has 0 aromatic heterocycles. The largest absolute Gasteiger partial charge is 0.472 e. The zero-order chi connectivity index (χ0) is 52.7. The summed E-state index contributed by atoms with van der Waals surface area (Å²) >= 11 is 0. The molecule has 0 rings (SSSR count). The Morgan fingerprint density at radius 3 is 1.11 bits per heavy atom. The zero-order valence-corrected chi connectivity index (χ0v) is 47.3. The third-order valence-corrected chi connectivity index (χ3v) is 13.6. The van der Waals surface area contributed by atoms with Crippen molar-refractivity contribution in [2.45, 2.75) is 290 Å². The average Bonchev–Trinajstić information content (AvgIpc) is 3.37. The highest BCUT2D eigenvalue weighted by molar-refractivity contribution is 7.47. The zero-order valence-electron chi connectivity index (χ0n) is 46.4. The molecule has 2 N–H and O–H groups in total. The Morgan fingerprint density at radius 1 is 0.389 bits per heavy atom. The highest BCUT2D eigenvalue weighted by Gasteiger charge is 2.28. The maximum absolute atomic E-state index is 12.9. The van der Waals surface area contributed by atoms with Gasteiger partial charge < -0.3 is 24.2 Å². The van der Waals surface area contributed by atoms with Crippen molar-refractivity contribution in [3.63, 3.8) is 0 Å². The average molecular weight is 1040 g/mol. The molecule has 0 spiro atoms. The summed E-state index contributed by atoms with van der Waals surface area (Å²) in [4.78, 5) is 48.5. The molecule has 0 fully saturated rings. The molecule has 0 aromatic rings. The van der Waals surface area contributed by atoms with E-state index in [1.54, 1.807) is 0 Å². The molecule has 0 saturated carbocycles. The maximum atomic E-state index is 12.9. The van der Waals surface area contributed by atoms with Crippen LogP contribution < -0.4 is 0 Å². The monoisotopic (exact) mass is 1040 g/mol. The van der Waals surface area contributed by atoms with Gasteiger partial charge in [0.1, 0.15) is 12.7 Å². The quantitative estimate of drug-likeness (QED) is 0.0197. The molecule has 0 radical (unpaired) electrons. The summed E-state index contributed by atoms with van der Waals surface area (Å²) in [7, 11) is -4.75. The molecule has 3 atom stereocenters. The Hall–Kier alpha value is -2.56. The van der Waals surface area contributed by atoms with Gasteiger partial charge in [-0.25, -0.2) is 4.57 Å². The van der Waals surface area contributed by atoms with Crippen molar-refractivity contribution >= 4 is 25.7 Å². The van der Waals surface area contributed by atoms with E-state index in [0.717, 1.165) is 103 Å². The number of carbonyl (C=O) groups excluding carboxylic acids is 3. The number of phosphoric ester groups is 1. The van der Waals surface area contributed by atoms with Gasteiger partial charge in [-0.15, -0.1) is 0 Å². The minimum atomic E-state index is -4.75. The van der Waals surface area contributed by atoms with E-state index in [0.29, 0.717) is 19.3 Å². The van der Waals surface area contributed by atoms with E-state index in [1.165, 1.54) is 116 Å². The first-order valence-corrected chi connectivity index (χ1v) is 31.0. The second-order valence-corrected chi connectivity index (χ2v) is 21.3. The van der Waals surface area contributed by atoms with Crippen LogP contribution in [-0.2, 0) is 42.2 Å². The Bertz CT molecular complexity index is 1400. The van der Waals surface area contributed by atoms with Crippen LogP contribution in [0.1, 0.15) is 278 Å². The van der Waals surface area contributed by atoms with Crippen LogP contribution in [0.5, 0.6) is 0 Å². The standard InChI is InChI=1S/C60H109O11P/c1-4-7-10-13-16-19-22-25-26-27-28-29-30-33-36-39-42-45-48-51-60(64)71-57(53-67-58(62)49-46-43-40-37-34-31-23-20-17-14-11-8-5-2)55-69-72(65,66)68-54-56(52-61)70-59(63)50-47-44-41-38-35-32-24-21-18-15-12-9-6-3/h11,14,20-21,23-26,56-57,61H,4-10,12-13,15-19,22,27-55H2,1-3H3,(H,65,66)/b14-11-,23-20-,24-21-,26-25-. The van der Waals surface area contributed by atoms with Gasteiger partial charge in [0, 0.05) is 19.3 Å². The van der Waals surface area contributed by atoms with Gasteiger partial charge in [0.2, 0.25) is 0 Å². The number of carbonyl (C=O) groups is 3. The number of rotatable bonds is 55. The van der Waals surface area contributed by atoms with Crippen LogP contribution in [0.2, 0.25) is 0 Å². The Kier molecular flexibility index (Phi) is 52.7. The molecule has 0 aliphatic carbocycles. The van der Waals surface area contributed by atoms with Gasteiger partial charge in [-0.1, -0.05) is 211 Å². The van der Waals surface area contributed by atoms with Crippen molar-refractivity contribution in [1.82, 2.24) is 0 Å². The SMILES string of the molecule is CCC/C=C\C/C=C\CCCCCCCC(=O)OCC(COP(=O)(O)OCC(CO)OC(=O)CCCCCCC/C=C\CCCCCC)OC(=O)CCCCCCCCCCC/C=C\CCCCCCCC. The van der Waals surface area contributed by atoms with Gasteiger partial charge in [-0.2, -0.15) is 0 Å². The normalized spacial score (nSPS) is 13.7. The molecule has 0 saturated heterocycles. The number of aliphatic hydroxyl groups excluding tert-OH is 1. The lowest BCUT2D eigenvalue weighted by molar-refractivity contribution is -0.161. The first-order chi connectivity index (χ1) is 35.2. The molecule has 0 heterocycles. The van der Waals surface area contributed by atoms with Crippen molar-refractivity contribution in [2.24, 2.45) is 0 Å². The topological polar surface area (TPSA) is 155 Å². The lowest BCUT2D eigenvalue weighted by atomic mass is 10.1. The number of hydrogen-bond acceptors (Lipinski definition) is 10. The number of ether oxygens (including phenoxy) is 3. The minimum Gasteiger partial charge on any atom is -0.462 e. The van der Waals surface area contributed by atoms with Crippen LogP contribution >= 0.6 is 7.82 Å². The Labute approximate surface area is 441 Å². The Balaban J connectivity index is 4.70. The maximum Gasteiger partial charge on any atom is 0.472 e. The fourth-order valence-electron chi connectivity index (χ4n) is 8.15. The van der Waals surface area contributed by atoms with Crippen molar-refractivity contribution in [1.29, 1.82) is 0 Å². The Morgan fingerprint density at radius 2 is 0.708 bits per heavy atom. The molecule has 3 unspecified atom stereocenters. The van der Waals surface area contributed by atoms with Crippen LogP contribution in [0.25, 0.3) is 0 Å². The molecule has 12 heteroatoms. The van der Waals surface area contributed by atoms with Crippen LogP contribution in [0.3, 0.4) is 0 Å². The summed E-state index contributed by atoms with van der Waals surface area (Å²) < 4.78 is 39.5. The number of hydrogen-bond donors (Lipinski definition) is 2. The number of aliphatic hydroxyl groups is 1. The molecule has 0 aliphatic rings. The lowest BCUT2D eigenvalue weighted by Gasteiger charge is -2.21. The van der Waals surface area contributed by atoms with Gasteiger partial charge in [-0.3, -0.25) is 23.4 Å². The van der Waals surface area contributed by atoms with Gasteiger partial charge >= 0.3 is 25.7 Å². The third kappa shape index (κ3) is 52.3. The smallest absolute Gasteiger partial charge is 0.462 e. The van der Waals surface area contributed by atoms with E-state index in [-0.39, 0.29) is 25.9 Å². The molecule has 0 amide bonds. The number of phosphoric acid groups is 1. The van der Waals surface area contributed by atoms with Crippen molar-refractivity contribution in [2.75, 3.05) is 26.4 Å². The first kappa shape index (κ1) is 69.4. The molecule has 420 valence electrons. The summed E-state index contributed by atoms with van der Waals surface area (Å²) in [6.07, 6.45) is 57.8. The van der Waals surface area contributed by atoms with E-state index in [4.69, 9.17) is 23.3 Å². The molecule has 11 nitrogen and oxygen atoms in total. The molecule has 72 heavy (non-hydrogen) atoms. The van der Waals surface area contributed by atoms with E-state index in [9.17, 15) is 28.9 Å². The second-order valence-electron chi connectivity index (χ2n) is 19.8. The fraction of sp³-hybridized carbons (Fsp3) is 0.817. The van der Waals surface area contributed by atoms with Crippen LogP contribution in [0, 0.1) is 0 Å². The van der Waals surface area contributed by atoms with Crippen molar-refractivity contribution in [3.05, 3.63) is 48.6 Å². The second kappa shape index (κ2) is 54.7. The molecule has 0 bridgehead atoms. The lowest BCUT2D eigenvalue weighted by Crippen LogP contribution is -2.30. The summed E-state index contributed by atoms with van der Waals surface area (Å²) in [6.45, 7) is 4.56. The highest BCUT2D eigenvalue weighted by atomic mass is 31.2. The summed E-state index contributed by atoms with van der Waals surface area (Å²) in [5.74, 6) is -1.48. The van der Waals surface area contributed by atoms with E-state index in [2.05, 4.69) is 69.4 Å². The molecule has 0 aromatic carbocycles. The number of esters is 3. The van der Waals surface area contributed by atoms with Crippen molar-refractivity contribution < 1.29 is 52.2 Å². The number of allylic oxidation sites excluding steroid dienone is 8. The third-order valence-electron chi connectivity index (χ3n) is 12.7. The first-order valence-electron chi connectivity index (χ1n) is 29.5. The minimum absolute atomic E-state index is 0.163. The van der Waals surface area contributed by atoms with E-state index < -0.39 is 57.8 Å². The summed E-state index contributed by atoms with van der Waals surface area (Å²) in [5, 5.41) is 9.80. The predicted molar refractivity (Wildman–Crippen MR) is 298 cm³/mol. The van der Waals surface area contributed by atoms with Crippen LogP contribution in [0.15, 0.2) is 48.6 Å². The summed E-state index contributed by atoms with van der Waals surface area (Å²) in [5.41, 5.74) is 0. The van der Waals surface area contributed by atoms with Gasteiger partial charge in [0.15, 0.2) is 6.10 Å². The van der Waals surface area contributed by atoms with Crippen molar-refractivity contribution in [3.8, 4) is 0 Å². The molecular formula is C60H109O11P. The van der Waals surface area contributed by atoms with Gasteiger partial charge in [0.05, 0.1) is 19.8 Å². The highest BCUT2D eigenvalue weighted by Crippen LogP contribution is 2.43. The van der Waals surface area contributed by atoms with E-state index >= 15 is 0 Å². The fourth-order valence-corrected chi connectivity index (χ4v) is 8.93. The summed E-state index contributed by atoms with van der Waals surface area (Å²) in [6, 6.07) is 0. The number of unbranched alkanes of at least 4 members (excludes halogenated alkanes) is 30.